The zero-order chi connectivity index (χ0) is 46.1. The monoisotopic (exact) mass is 867 g/mol. The first kappa shape index (κ1) is 41.9. The quantitative estimate of drug-likeness (QED) is 0.165. The Hall–Kier alpha value is -5.48. The van der Waals surface area contributed by atoms with E-state index in [2.05, 4.69) is 208 Å². The molecule has 4 heteroatoms. The van der Waals surface area contributed by atoms with Crippen molar-refractivity contribution in [1.82, 2.24) is 0 Å². The van der Waals surface area contributed by atoms with E-state index in [0.717, 1.165) is 17.7 Å². The van der Waals surface area contributed by atoms with E-state index in [-0.39, 0.29) is 39.2 Å². The number of benzene rings is 6. The van der Waals surface area contributed by atoms with Crippen molar-refractivity contribution in [2.24, 2.45) is 0 Å². The van der Waals surface area contributed by atoms with Crippen molar-refractivity contribution in [1.29, 1.82) is 0 Å². The molecule has 1 aromatic heterocycles. The lowest BCUT2D eigenvalue weighted by Crippen LogP contribution is -2.61. The lowest BCUT2D eigenvalue weighted by Gasteiger charge is -2.52. The third-order valence-electron chi connectivity index (χ3n) is 17.6. The third-order valence-corrected chi connectivity index (χ3v) is 17.6. The Morgan fingerprint density at radius 1 is 0.485 bits per heavy atom. The second-order valence-corrected chi connectivity index (χ2v) is 25.0. The molecule has 3 nitrogen and oxygen atoms in total. The molecule has 66 heavy (non-hydrogen) atoms. The van der Waals surface area contributed by atoms with Crippen molar-refractivity contribution in [3.05, 3.63) is 149 Å². The molecule has 334 valence electrons. The summed E-state index contributed by atoms with van der Waals surface area (Å²) in [5, 5.41) is 1.24. The SMILES string of the molecule is CC(C)(C)c1cccc(N2c3cc(C(C)(C)C)ccc3B3c4oc5cc6c(cc5c4N(c4ccc5c(c4)C(C)(C)CCC5(C)C)c4cc(-c5ccccc5)cc2c43)C2(C)CCC6(C)CC2)c1. The Labute approximate surface area is 394 Å². The van der Waals surface area contributed by atoms with Crippen LogP contribution in [0.5, 0.6) is 0 Å². The van der Waals surface area contributed by atoms with Crippen molar-refractivity contribution < 1.29 is 4.42 Å². The number of rotatable bonds is 3. The highest BCUT2D eigenvalue weighted by atomic mass is 16.3. The number of furan rings is 1. The second kappa shape index (κ2) is 13.6. The van der Waals surface area contributed by atoms with Gasteiger partial charge >= 0.3 is 0 Å². The van der Waals surface area contributed by atoms with Gasteiger partial charge in [0.1, 0.15) is 5.58 Å². The molecule has 0 spiro atoms. The summed E-state index contributed by atoms with van der Waals surface area (Å²) in [6.45, 7) is 28.8. The van der Waals surface area contributed by atoms with Crippen molar-refractivity contribution in [3.8, 4) is 11.1 Å². The minimum atomic E-state index is -0.113. The van der Waals surface area contributed by atoms with Crippen LogP contribution in [-0.2, 0) is 32.5 Å². The molecule has 0 amide bonds. The summed E-state index contributed by atoms with van der Waals surface area (Å²) in [7, 11) is 0. The predicted molar refractivity (Wildman–Crippen MR) is 282 cm³/mol. The van der Waals surface area contributed by atoms with E-state index in [1.54, 1.807) is 5.56 Å². The molecule has 0 saturated heterocycles. The largest absolute Gasteiger partial charge is 0.468 e. The third kappa shape index (κ3) is 6.01. The molecule has 0 radical (unpaired) electrons. The van der Waals surface area contributed by atoms with E-state index in [1.807, 2.05) is 0 Å². The zero-order valence-corrected chi connectivity index (χ0v) is 41.6. The summed E-state index contributed by atoms with van der Waals surface area (Å²) in [6, 6.07) is 45.3. The van der Waals surface area contributed by atoms with Gasteiger partial charge < -0.3 is 14.2 Å². The Morgan fingerprint density at radius 3 is 1.76 bits per heavy atom. The summed E-state index contributed by atoms with van der Waals surface area (Å²) < 4.78 is 7.64. The van der Waals surface area contributed by atoms with E-state index >= 15 is 0 Å². The standard InChI is InChI=1S/C62H67BN2O/c1-57(2,3)40-19-16-20-42(33-40)64-50-34-41(58(4,5)6)21-24-49(50)63-54-51(64)31-39(38-17-14-13-15-18-38)32-52(54)65(43-22-23-45-46(35-43)60(9,10)26-25-59(45,7)8)55-44-36-47-48(37-53(44)66-56(55)63)62(12)29-27-61(47,11)28-30-62/h13-24,31-37H,25-30H2,1-12H3. The summed E-state index contributed by atoms with van der Waals surface area (Å²) >= 11 is 0. The summed E-state index contributed by atoms with van der Waals surface area (Å²) in [5.74, 6) is 0. The highest BCUT2D eigenvalue weighted by Crippen LogP contribution is 2.59. The number of hydrogen-bond donors (Lipinski definition) is 0. The van der Waals surface area contributed by atoms with E-state index < -0.39 is 0 Å². The van der Waals surface area contributed by atoms with Crippen LogP contribution in [0.1, 0.15) is 155 Å². The highest BCUT2D eigenvalue weighted by Gasteiger charge is 2.51. The zero-order valence-electron chi connectivity index (χ0n) is 41.6. The van der Waals surface area contributed by atoms with Crippen LogP contribution in [0.3, 0.4) is 0 Å². The van der Waals surface area contributed by atoms with Crippen LogP contribution in [0, 0.1) is 0 Å². The maximum absolute atomic E-state index is 7.64. The van der Waals surface area contributed by atoms with Crippen molar-refractivity contribution in [2.75, 3.05) is 9.80 Å². The average Bonchev–Trinajstić information content (AvgIpc) is 3.65. The first-order valence-corrected chi connectivity index (χ1v) is 25.0. The van der Waals surface area contributed by atoms with Crippen LogP contribution < -0.4 is 26.4 Å². The molecule has 3 heterocycles. The molecular formula is C62H67BN2O. The van der Waals surface area contributed by atoms with Gasteiger partial charge in [0.15, 0.2) is 0 Å². The average molecular weight is 867 g/mol. The topological polar surface area (TPSA) is 19.6 Å². The van der Waals surface area contributed by atoms with Gasteiger partial charge in [-0.1, -0.05) is 144 Å². The van der Waals surface area contributed by atoms with Gasteiger partial charge in [-0.15, -0.1) is 0 Å². The van der Waals surface area contributed by atoms with Crippen molar-refractivity contribution in [2.45, 2.75) is 154 Å². The molecule has 4 aliphatic carbocycles. The lowest BCUT2D eigenvalue weighted by molar-refractivity contribution is 0.188. The number of nitrogens with zero attached hydrogens (tertiary/aromatic N) is 2. The molecule has 6 aliphatic rings. The van der Waals surface area contributed by atoms with Gasteiger partial charge in [-0.3, -0.25) is 0 Å². The maximum Gasteiger partial charge on any atom is 0.297 e. The van der Waals surface area contributed by atoms with Gasteiger partial charge in [-0.25, -0.2) is 0 Å². The van der Waals surface area contributed by atoms with Gasteiger partial charge in [-0.2, -0.15) is 0 Å². The van der Waals surface area contributed by atoms with Crippen molar-refractivity contribution >= 4 is 68.4 Å². The number of hydrogen-bond acceptors (Lipinski definition) is 3. The maximum atomic E-state index is 7.64. The molecule has 2 aliphatic heterocycles. The Bertz CT molecular complexity index is 3160. The molecule has 1 saturated carbocycles. The Balaban J connectivity index is 1.23. The van der Waals surface area contributed by atoms with E-state index in [1.165, 1.54) is 121 Å². The van der Waals surface area contributed by atoms with Crippen molar-refractivity contribution in [3.63, 3.8) is 0 Å². The Kier molecular flexibility index (Phi) is 8.63. The van der Waals surface area contributed by atoms with Crippen LogP contribution in [0.25, 0.3) is 22.1 Å². The molecule has 1 fully saturated rings. The fourth-order valence-electron chi connectivity index (χ4n) is 13.1. The normalized spacial score (nSPS) is 22.2. The van der Waals surface area contributed by atoms with Gasteiger partial charge in [-0.05, 0) is 181 Å². The molecule has 13 rings (SSSR count). The smallest absolute Gasteiger partial charge is 0.297 e. The van der Waals surface area contributed by atoms with Crippen LogP contribution in [0.15, 0.2) is 120 Å². The van der Waals surface area contributed by atoms with Crippen LogP contribution in [0.4, 0.5) is 34.1 Å². The lowest BCUT2D eigenvalue weighted by atomic mass is 9.35. The summed E-state index contributed by atoms with van der Waals surface area (Å²) in [4.78, 5) is 5.25. The van der Waals surface area contributed by atoms with Crippen LogP contribution in [-0.4, -0.2) is 6.71 Å². The summed E-state index contributed by atoms with van der Waals surface area (Å²) in [6.07, 6.45) is 7.32. The minimum absolute atomic E-state index is 0.0166. The second-order valence-electron chi connectivity index (χ2n) is 25.0. The molecule has 7 aromatic rings. The Morgan fingerprint density at radius 2 is 1.09 bits per heavy atom. The first-order valence-electron chi connectivity index (χ1n) is 25.0. The molecule has 0 N–H and O–H groups in total. The summed E-state index contributed by atoms with van der Waals surface area (Å²) in [5.41, 5.74) is 23.5. The fourth-order valence-corrected chi connectivity index (χ4v) is 13.1. The van der Waals surface area contributed by atoms with Gasteiger partial charge in [0.25, 0.3) is 6.71 Å². The first-order chi connectivity index (χ1) is 31.2. The highest BCUT2D eigenvalue weighted by molar-refractivity contribution is 7.00. The molecule has 2 bridgehead atoms. The van der Waals surface area contributed by atoms with Gasteiger partial charge in [0.05, 0.1) is 11.3 Å². The predicted octanol–water partition coefficient (Wildman–Crippen LogP) is 15.2. The minimum Gasteiger partial charge on any atom is -0.468 e. The van der Waals surface area contributed by atoms with Crippen LogP contribution in [0.2, 0.25) is 0 Å². The number of anilines is 6. The van der Waals surface area contributed by atoms with Gasteiger partial charge in [0, 0.05) is 33.8 Å². The number of fused-ring (bicyclic) bond motifs is 9. The van der Waals surface area contributed by atoms with Gasteiger partial charge in [0.2, 0.25) is 0 Å². The van der Waals surface area contributed by atoms with E-state index in [4.69, 9.17) is 4.42 Å². The van der Waals surface area contributed by atoms with E-state index in [9.17, 15) is 0 Å². The fraction of sp³-hybridized carbons (Fsp3) is 0.387. The molecule has 6 aromatic carbocycles. The molecule has 0 atom stereocenters. The van der Waals surface area contributed by atoms with E-state index in [0.29, 0.717) is 0 Å². The van der Waals surface area contributed by atoms with Crippen LogP contribution >= 0.6 is 0 Å². The molecular weight excluding hydrogens is 800 g/mol. The molecule has 0 unspecified atom stereocenters.